The summed E-state index contributed by atoms with van der Waals surface area (Å²) in [6.45, 7) is 6.31. The number of pyridine rings is 1. The van der Waals surface area contributed by atoms with E-state index in [1.807, 2.05) is 18.2 Å². The van der Waals surface area contributed by atoms with Crippen LogP contribution < -0.4 is 4.74 Å². The number of nitrogens with zero attached hydrogens (tertiary/aromatic N) is 2. The van der Waals surface area contributed by atoms with Crippen molar-refractivity contribution in [3.8, 4) is 5.88 Å². The molecule has 3 rings (SSSR count). The monoisotopic (exact) mass is 278 g/mol. The van der Waals surface area contributed by atoms with Crippen LogP contribution in [0.3, 0.4) is 0 Å². The average Bonchev–Trinajstić information content (AvgIpc) is 2.85. The quantitative estimate of drug-likeness (QED) is 0.837. The highest BCUT2D eigenvalue weighted by Gasteiger charge is 2.42. The van der Waals surface area contributed by atoms with Gasteiger partial charge in [-0.1, -0.05) is 6.07 Å². The molecule has 0 radical (unpaired) electrons. The lowest BCUT2D eigenvalue weighted by atomic mass is 9.99. The van der Waals surface area contributed by atoms with Gasteiger partial charge in [0.05, 0.1) is 25.5 Å². The minimum absolute atomic E-state index is 0.115. The minimum Gasteiger partial charge on any atom is -0.481 e. The third kappa shape index (κ3) is 2.95. The molecule has 0 saturated carbocycles. The van der Waals surface area contributed by atoms with Gasteiger partial charge in [0.2, 0.25) is 5.88 Å². The summed E-state index contributed by atoms with van der Waals surface area (Å²) in [5.74, 6) is 0.669. The van der Waals surface area contributed by atoms with E-state index in [4.69, 9.17) is 14.2 Å². The van der Waals surface area contributed by atoms with Crippen LogP contribution in [0, 0.1) is 0 Å². The van der Waals surface area contributed by atoms with E-state index in [-0.39, 0.29) is 11.7 Å². The zero-order valence-corrected chi connectivity index (χ0v) is 12.2. The molecule has 1 aromatic rings. The van der Waals surface area contributed by atoms with Gasteiger partial charge in [-0.3, -0.25) is 4.90 Å². The molecule has 5 heteroatoms. The molecule has 110 valence electrons. The first-order chi connectivity index (χ1) is 9.69. The highest BCUT2D eigenvalue weighted by atomic mass is 16.6. The van der Waals surface area contributed by atoms with Gasteiger partial charge in [-0.25, -0.2) is 4.98 Å². The van der Waals surface area contributed by atoms with E-state index in [2.05, 4.69) is 16.8 Å². The number of rotatable bonds is 3. The molecule has 0 aliphatic carbocycles. The van der Waals surface area contributed by atoms with Gasteiger partial charge in [-0.15, -0.1) is 0 Å². The summed E-state index contributed by atoms with van der Waals surface area (Å²) in [6.07, 6.45) is 1.22. The van der Waals surface area contributed by atoms with Gasteiger partial charge in [0.1, 0.15) is 5.60 Å². The summed E-state index contributed by atoms with van der Waals surface area (Å²) >= 11 is 0. The molecule has 0 bridgehead atoms. The van der Waals surface area contributed by atoms with Crippen molar-refractivity contribution in [3.05, 3.63) is 23.9 Å². The molecule has 2 unspecified atom stereocenters. The van der Waals surface area contributed by atoms with Crippen molar-refractivity contribution in [1.82, 2.24) is 9.88 Å². The second-order valence-corrected chi connectivity index (χ2v) is 5.75. The first-order valence-corrected chi connectivity index (χ1v) is 7.17. The number of hydrogen-bond donors (Lipinski definition) is 0. The van der Waals surface area contributed by atoms with E-state index in [0.717, 1.165) is 38.4 Å². The Morgan fingerprint density at radius 3 is 3.15 bits per heavy atom. The molecule has 5 nitrogen and oxygen atoms in total. The largest absolute Gasteiger partial charge is 0.481 e. The Kier molecular flexibility index (Phi) is 3.92. The maximum atomic E-state index is 6.14. The Labute approximate surface area is 119 Å². The summed E-state index contributed by atoms with van der Waals surface area (Å²) in [7, 11) is 1.65. The number of methoxy groups -OCH3 is 1. The number of aromatic nitrogens is 1. The van der Waals surface area contributed by atoms with E-state index in [9.17, 15) is 0 Å². The average molecular weight is 278 g/mol. The lowest BCUT2D eigenvalue weighted by Crippen LogP contribution is -2.55. The molecule has 2 aliphatic rings. The van der Waals surface area contributed by atoms with Gasteiger partial charge in [0, 0.05) is 38.7 Å². The zero-order chi connectivity index (χ0) is 14.0. The fraction of sp³-hybridized carbons (Fsp3) is 0.667. The molecule has 0 aromatic carbocycles. The van der Waals surface area contributed by atoms with Gasteiger partial charge < -0.3 is 14.2 Å². The van der Waals surface area contributed by atoms with E-state index in [0.29, 0.717) is 12.5 Å². The standard InChI is InChI=1S/C15H22N2O3/c1-12-8-17(10-15(20-12)6-7-19-11-15)9-13-4-3-5-14(16-13)18-2/h3-5,12H,6-11H2,1-2H3. The van der Waals surface area contributed by atoms with Crippen LogP contribution in [-0.2, 0) is 16.0 Å². The van der Waals surface area contributed by atoms with Crippen LogP contribution in [0.25, 0.3) is 0 Å². The van der Waals surface area contributed by atoms with Gasteiger partial charge in [-0.05, 0) is 13.0 Å². The molecule has 1 aromatic heterocycles. The highest BCUT2D eigenvalue weighted by molar-refractivity contribution is 5.15. The fourth-order valence-corrected chi connectivity index (χ4v) is 3.15. The first-order valence-electron chi connectivity index (χ1n) is 7.17. The molecule has 1 spiro atoms. The first kappa shape index (κ1) is 13.8. The van der Waals surface area contributed by atoms with E-state index >= 15 is 0 Å². The lowest BCUT2D eigenvalue weighted by Gasteiger charge is -2.42. The topological polar surface area (TPSA) is 43.8 Å². The predicted octanol–water partition coefficient (Wildman–Crippen LogP) is 1.47. The maximum absolute atomic E-state index is 6.14. The molecule has 2 aliphatic heterocycles. The molecule has 2 fully saturated rings. The van der Waals surface area contributed by atoms with Gasteiger partial charge in [0.15, 0.2) is 0 Å². The van der Waals surface area contributed by atoms with Crippen LogP contribution in [0.1, 0.15) is 19.0 Å². The summed E-state index contributed by atoms with van der Waals surface area (Å²) in [5, 5.41) is 0. The summed E-state index contributed by atoms with van der Waals surface area (Å²) in [5.41, 5.74) is 0.920. The molecule has 3 heterocycles. The Hall–Kier alpha value is -1.17. The Morgan fingerprint density at radius 2 is 2.40 bits per heavy atom. The van der Waals surface area contributed by atoms with Crippen LogP contribution in [0.5, 0.6) is 5.88 Å². The van der Waals surface area contributed by atoms with Crippen molar-refractivity contribution < 1.29 is 14.2 Å². The number of morpholine rings is 1. The molecule has 0 amide bonds. The Morgan fingerprint density at radius 1 is 1.50 bits per heavy atom. The van der Waals surface area contributed by atoms with E-state index in [1.54, 1.807) is 7.11 Å². The van der Waals surface area contributed by atoms with Crippen LogP contribution in [0.2, 0.25) is 0 Å². The Bertz CT molecular complexity index is 460. The second kappa shape index (κ2) is 5.68. The van der Waals surface area contributed by atoms with Crippen molar-refractivity contribution >= 4 is 0 Å². The van der Waals surface area contributed by atoms with Gasteiger partial charge in [-0.2, -0.15) is 0 Å². The number of ether oxygens (including phenoxy) is 3. The van der Waals surface area contributed by atoms with Crippen LogP contribution in [-0.4, -0.2) is 55.0 Å². The summed E-state index contributed by atoms with van der Waals surface area (Å²) in [4.78, 5) is 6.90. The van der Waals surface area contributed by atoms with Crippen molar-refractivity contribution in [3.63, 3.8) is 0 Å². The van der Waals surface area contributed by atoms with Crippen LogP contribution in [0.4, 0.5) is 0 Å². The van der Waals surface area contributed by atoms with Crippen LogP contribution >= 0.6 is 0 Å². The van der Waals surface area contributed by atoms with Gasteiger partial charge in [0.25, 0.3) is 0 Å². The zero-order valence-electron chi connectivity index (χ0n) is 12.2. The normalized spacial score (nSPS) is 30.8. The SMILES string of the molecule is COc1cccc(CN2CC(C)OC3(CCOC3)C2)n1. The smallest absolute Gasteiger partial charge is 0.213 e. The minimum atomic E-state index is -0.115. The summed E-state index contributed by atoms with van der Waals surface area (Å²) < 4.78 is 16.9. The van der Waals surface area contributed by atoms with E-state index in [1.165, 1.54) is 0 Å². The predicted molar refractivity (Wildman–Crippen MR) is 74.8 cm³/mol. The van der Waals surface area contributed by atoms with Crippen molar-refractivity contribution in [2.75, 3.05) is 33.4 Å². The maximum Gasteiger partial charge on any atom is 0.213 e. The van der Waals surface area contributed by atoms with Gasteiger partial charge >= 0.3 is 0 Å². The number of hydrogen-bond acceptors (Lipinski definition) is 5. The molecule has 20 heavy (non-hydrogen) atoms. The molecule has 2 saturated heterocycles. The fourth-order valence-electron chi connectivity index (χ4n) is 3.15. The third-order valence-corrected chi connectivity index (χ3v) is 3.92. The summed E-state index contributed by atoms with van der Waals surface area (Å²) in [6, 6.07) is 5.90. The van der Waals surface area contributed by atoms with Crippen molar-refractivity contribution in [2.24, 2.45) is 0 Å². The lowest BCUT2D eigenvalue weighted by molar-refractivity contribution is -0.149. The van der Waals surface area contributed by atoms with E-state index < -0.39 is 0 Å². The highest BCUT2D eigenvalue weighted by Crippen LogP contribution is 2.30. The van der Waals surface area contributed by atoms with Crippen molar-refractivity contribution in [2.45, 2.75) is 31.6 Å². The Balaban J connectivity index is 1.69. The van der Waals surface area contributed by atoms with Crippen molar-refractivity contribution in [1.29, 1.82) is 0 Å². The third-order valence-electron chi connectivity index (χ3n) is 3.92. The molecular formula is C15H22N2O3. The van der Waals surface area contributed by atoms with Crippen LogP contribution in [0.15, 0.2) is 18.2 Å². The molecular weight excluding hydrogens is 256 g/mol. The molecule has 2 atom stereocenters. The second-order valence-electron chi connectivity index (χ2n) is 5.75. The molecule has 0 N–H and O–H groups in total.